The van der Waals surface area contributed by atoms with Crippen molar-refractivity contribution in [1.29, 1.82) is 0 Å². The minimum absolute atomic E-state index is 0.124. The van der Waals surface area contributed by atoms with Crippen molar-refractivity contribution in [3.05, 3.63) is 35.7 Å². The molecule has 3 rings (SSSR count). The molecule has 0 radical (unpaired) electrons. The van der Waals surface area contributed by atoms with Crippen LogP contribution in [0.3, 0.4) is 0 Å². The van der Waals surface area contributed by atoms with Crippen LogP contribution in [0.1, 0.15) is 35.8 Å². The number of hydrogen-bond donors (Lipinski definition) is 2. The number of amides is 1. The Morgan fingerprint density at radius 1 is 1.46 bits per heavy atom. The molecular formula is C17H23N5O2. The Morgan fingerprint density at radius 3 is 2.92 bits per heavy atom. The zero-order valence-corrected chi connectivity index (χ0v) is 14.1. The summed E-state index contributed by atoms with van der Waals surface area (Å²) in [5.74, 6) is 1.24. The number of aromatic nitrogens is 3. The SMILES string of the molecule is CCOc1ncccc1C(=O)NC1CCN(c2cc(C)[nH]n2)CC1. The van der Waals surface area contributed by atoms with Gasteiger partial charge in [0.1, 0.15) is 5.56 Å². The van der Waals surface area contributed by atoms with E-state index >= 15 is 0 Å². The number of carbonyl (C=O) groups excluding carboxylic acids is 1. The Balaban J connectivity index is 1.57. The molecular weight excluding hydrogens is 306 g/mol. The first-order chi connectivity index (χ1) is 11.7. The Hall–Kier alpha value is -2.57. The van der Waals surface area contributed by atoms with Crippen molar-refractivity contribution in [2.24, 2.45) is 0 Å². The van der Waals surface area contributed by atoms with Crippen molar-refractivity contribution in [3.8, 4) is 5.88 Å². The van der Waals surface area contributed by atoms with Gasteiger partial charge < -0.3 is 15.0 Å². The average molecular weight is 329 g/mol. The summed E-state index contributed by atoms with van der Waals surface area (Å²) in [6.07, 6.45) is 3.41. The fraction of sp³-hybridized carbons (Fsp3) is 0.471. The van der Waals surface area contributed by atoms with E-state index in [1.807, 2.05) is 19.9 Å². The molecule has 2 aromatic heterocycles. The predicted octanol–water partition coefficient (Wildman–Crippen LogP) is 1.91. The molecule has 0 aliphatic carbocycles. The number of H-pyrrole nitrogens is 1. The van der Waals surface area contributed by atoms with Crippen LogP contribution in [0, 0.1) is 6.92 Å². The molecule has 0 aromatic carbocycles. The Kier molecular flexibility index (Phi) is 4.98. The van der Waals surface area contributed by atoms with E-state index in [1.165, 1.54) is 0 Å². The van der Waals surface area contributed by atoms with E-state index in [9.17, 15) is 4.79 Å². The number of aryl methyl sites for hydroxylation is 1. The fourth-order valence-electron chi connectivity index (χ4n) is 2.90. The first kappa shape index (κ1) is 16.3. The molecule has 0 atom stereocenters. The number of pyridine rings is 1. The molecule has 0 unspecified atom stereocenters. The van der Waals surface area contributed by atoms with Crippen LogP contribution in [0.2, 0.25) is 0 Å². The Morgan fingerprint density at radius 2 is 2.25 bits per heavy atom. The Labute approximate surface area is 141 Å². The van der Waals surface area contributed by atoms with Crippen LogP contribution in [0.25, 0.3) is 0 Å². The first-order valence-corrected chi connectivity index (χ1v) is 8.33. The van der Waals surface area contributed by atoms with Crippen molar-refractivity contribution in [1.82, 2.24) is 20.5 Å². The molecule has 0 spiro atoms. The van der Waals surface area contributed by atoms with Gasteiger partial charge in [0.2, 0.25) is 5.88 Å². The molecule has 128 valence electrons. The number of anilines is 1. The van der Waals surface area contributed by atoms with Crippen LogP contribution < -0.4 is 15.0 Å². The number of piperidine rings is 1. The second-order valence-electron chi connectivity index (χ2n) is 5.93. The molecule has 7 heteroatoms. The summed E-state index contributed by atoms with van der Waals surface area (Å²) in [5, 5.41) is 10.4. The zero-order chi connectivity index (χ0) is 16.9. The number of hydrogen-bond acceptors (Lipinski definition) is 5. The zero-order valence-electron chi connectivity index (χ0n) is 14.1. The Bertz CT molecular complexity index is 692. The number of aromatic amines is 1. The third kappa shape index (κ3) is 3.67. The smallest absolute Gasteiger partial charge is 0.256 e. The van der Waals surface area contributed by atoms with E-state index in [-0.39, 0.29) is 11.9 Å². The van der Waals surface area contributed by atoms with Crippen molar-refractivity contribution in [3.63, 3.8) is 0 Å². The van der Waals surface area contributed by atoms with Gasteiger partial charge in [0.15, 0.2) is 5.82 Å². The molecule has 1 aliphatic rings. The van der Waals surface area contributed by atoms with Crippen LogP contribution in [0.5, 0.6) is 5.88 Å². The van der Waals surface area contributed by atoms with Gasteiger partial charge in [-0.2, -0.15) is 5.10 Å². The van der Waals surface area contributed by atoms with Gasteiger partial charge in [-0.1, -0.05) is 0 Å². The summed E-state index contributed by atoms with van der Waals surface area (Å²) in [7, 11) is 0. The van der Waals surface area contributed by atoms with Gasteiger partial charge in [-0.3, -0.25) is 9.89 Å². The molecule has 3 heterocycles. The normalized spacial score (nSPS) is 15.3. The van der Waals surface area contributed by atoms with E-state index in [2.05, 4.69) is 25.4 Å². The molecule has 2 N–H and O–H groups in total. The van der Waals surface area contributed by atoms with Crippen molar-refractivity contribution >= 4 is 11.7 Å². The van der Waals surface area contributed by atoms with E-state index in [0.717, 1.165) is 37.4 Å². The lowest BCUT2D eigenvalue weighted by atomic mass is 10.0. The summed E-state index contributed by atoms with van der Waals surface area (Å²) in [6.45, 7) is 6.11. The number of carbonyl (C=O) groups is 1. The molecule has 0 saturated carbocycles. The van der Waals surface area contributed by atoms with Crippen LogP contribution in [-0.4, -0.2) is 46.8 Å². The van der Waals surface area contributed by atoms with Gasteiger partial charge in [-0.15, -0.1) is 0 Å². The third-order valence-electron chi connectivity index (χ3n) is 4.14. The minimum atomic E-state index is -0.124. The molecule has 1 aliphatic heterocycles. The van der Waals surface area contributed by atoms with E-state index in [4.69, 9.17) is 4.74 Å². The number of nitrogens with one attached hydrogen (secondary N) is 2. The predicted molar refractivity (Wildman–Crippen MR) is 91.4 cm³/mol. The highest BCUT2D eigenvalue weighted by molar-refractivity contribution is 5.96. The highest BCUT2D eigenvalue weighted by atomic mass is 16.5. The summed E-state index contributed by atoms with van der Waals surface area (Å²) < 4.78 is 5.43. The van der Waals surface area contributed by atoms with E-state index < -0.39 is 0 Å². The highest BCUT2D eigenvalue weighted by Gasteiger charge is 2.23. The van der Waals surface area contributed by atoms with Gasteiger partial charge in [-0.25, -0.2) is 4.98 Å². The lowest BCUT2D eigenvalue weighted by molar-refractivity contribution is 0.0926. The first-order valence-electron chi connectivity index (χ1n) is 8.33. The fourth-order valence-corrected chi connectivity index (χ4v) is 2.90. The van der Waals surface area contributed by atoms with Gasteiger partial charge in [0.25, 0.3) is 5.91 Å². The summed E-state index contributed by atoms with van der Waals surface area (Å²) in [5.41, 5.74) is 1.55. The third-order valence-corrected chi connectivity index (χ3v) is 4.14. The van der Waals surface area contributed by atoms with Gasteiger partial charge in [0.05, 0.1) is 6.61 Å². The van der Waals surface area contributed by atoms with Gasteiger partial charge >= 0.3 is 0 Å². The van der Waals surface area contributed by atoms with Gasteiger partial charge in [0, 0.05) is 37.1 Å². The molecule has 0 bridgehead atoms. The molecule has 7 nitrogen and oxygen atoms in total. The van der Waals surface area contributed by atoms with Crippen molar-refractivity contribution in [2.75, 3.05) is 24.6 Å². The van der Waals surface area contributed by atoms with Crippen molar-refractivity contribution in [2.45, 2.75) is 32.7 Å². The quantitative estimate of drug-likeness (QED) is 0.875. The number of nitrogens with zero attached hydrogens (tertiary/aromatic N) is 3. The molecule has 1 saturated heterocycles. The minimum Gasteiger partial charge on any atom is -0.477 e. The van der Waals surface area contributed by atoms with E-state index in [1.54, 1.807) is 18.3 Å². The summed E-state index contributed by atoms with van der Waals surface area (Å²) in [4.78, 5) is 18.9. The molecule has 1 fully saturated rings. The standard InChI is InChI=1S/C17H23N5O2/c1-3-24-17-14(5-4-8-18-17)16(23)19-13-6-9-22(10-7-13)15-11-12(2)20-21-15/h4-5,8,11,13H,3,6-7,9-10H2,1-2H3,(H,19,23)(H,20,21). The van der Waals surface area contributed by atoms with Gasteiger partial charge in [-0.05, 0) is 38.8 Å². The summed E-state index contributed by atoms with van der Waals surface area (Å²) in [6, 6.07) is 5.70. The molecule has 2 aromatic rings. The van der Waals surface area contributed by atoms with Crippen LogP contribution >= 0.6 is 0 Å². The average Bonchev–Trinajstić information content (AvgIpc) is 3.03. The highest BCUT2D eigenvalue weighted by Crippen LogP contribution is 2.20. The second-order valence-corrected chi connectivity index (χ2v) is 5.93. The van der Waals surface area contributed by atoms with Crippen LogP contribution in [0.4, 0.5) is 5.82 Å². The van der Waals surface area contributed by atoms with E-state index in [0.29, 0.717) is 18.1 Å². The summed E-state index contributed by atoms with van der Waals surface area (Å²) >= 11 is 0. The molecule has 1 amide bonds. The van der Waals surface area contributed by atoms with Crippen molar-refractivity contribution < 1.29 is 9.53 Å². The lowest BCUT2D eigenvalue weighted by Crippen LogP contribution is -2.45. The molecule has 24 heavy (non-hydrogen) atoms. The number of rotatable bonds is 5. The van der Waals surface area contributed by atoms with Crippen LogP contribution in [-0.2, 0) is 0 Å². The second kappa shape index (κ2) is 7.33. The van der Waals surface area contributed by atoms with Crippen LogP contribution in [0.15, 0.2) is 24.4 Å². The largest absolute Gasteiger partial charge is 0.477 e. The topological polar surface area (TPSA) is 83.1 Å². The maximum atomic E-state index is 12.5. The number of ether oxygens (including phenoxy) is 1. The lowest BCUT2D eigenvalue weighted by Gasteiger charge is -2.32. The maximum absolute atomic E-state index is 12.5. The monoisotopic (exact) mass is 329 g/mol. The maximum Gasteiger partial charge on any atom is 0.256 e.